The van der Waals surface area contributed by atoms with Crippen molar-refractivity contribution in [1.82, 2.24) is 0 Å². The lowest BCUT2D eigenvalue weighted by Crippen LogP contribution is -2.12. The van der Waals surface area contributed by atoms with Crippen LogP contribution in [0.4, 0.5) is 0 Å². The van der Waals surface area contributed by atoms with Gasteiger partial charge in [-0.3, -0.25) is 0 Å². The van der Waals surface area contributed by atoms with Crippen LogP contribution >= 0.6 is 22.6 Å². The lowest BCUT2D eigenvalue weighted by Gasteiger charge is -2.03. The van der Waals surface area contributed by atoms with Gasteiger partial charge in [0.25, 0.3) is 0 Å². The summed E-state index contributed by atoms with van der Waals surface area (Å²) >= 11 is 2.42. The Morgan fingerprint density at radius 3 is 2.56 bits per heavy atom. The fourth-order valence-electron chi connectivity index (χ4n) is 0.734. The molecule has 0 amide bonds. The largest absolute Gasteiger partial charge is 0.329 e. The molecule has 0 fully saturated rings. The quantitative estimate of drug-likeness (QED) is 0.446. The lowest BCUT2D eigenvalue weighted by atomic mass is 10.2. The second-order valence-corrected chi connectivity index (χ2v) is 4.09. The van der Waals surface area contributed by atoms with Crippen molar-refractivity contribution in [2.45, 2.75) is 36.5 Å². The molecule has 2 N–H and O–H groups in total. The SMILES string of the molecule is CCCCCC(I)CN. The number of halogens is 1. The van der Waals surface area contributed by atoms with Crippen LogP contribution in [0.1, 0.15) is 32.6 Å². The van der Waals surface area contributed by atoms with Crippen LogP contribution in [0.3, 0.4) is 0 Å². The maximum Gasteiger partial charge on any atom is 0.0232 e. The number of nitrogens with two attached hydrogens (primary N) is 1. The molecule has 0 heterocycles. The summed E-state index contributed by atoms with van der Waals surface area (Å²) in [6.45, 7) is 3.06. The van der Waals surface area contributed by atoms with E-state index in [0.717, 1.165) is 6.54 Å². The molecule has 0 aromatic rings. The van der Waals surface area contributed by atoms with E-state index in [1.54, 1.807) is 0 Å². The molecule has 0 aliphatic carbocycles. The van der Waals surface area contributed by atoms with Gasteiger partial charge in [-0.2, -0.15) is 0 Å². The van der Waals surface area contributed by atoms with Crippen molar-refractivity contribution in [3.05, 3.63) is 0 Å². The first-order chi connectivity index (χ1) is 4.31. The maximum absolute atomic E-state index is 5.45. The number of unbranched alkanes of at least 4 members (excludes halogenated alkanes) is 2. The van der Waals surface area contributed by atoms with Gasteiger partial charge in [-0.05, 0) is 6.42 Å². The average molecular weight is 241 g/mol. The number of hydrogen-bond donors (Lipinski definition) is 1. The lowest BCUT2D eigenvalue weighted by molar-refractivity contribution is 0.658. The number of rotatable bonds is 5. The zero-order chi connectivity index (χ0) is 7.11. The minimum absolute atomic E-state index is 0.703. The molecule has 9 heavy (non-hydrogen) atoms. The molecular formula is C7H16IN. The molecule has 56 valence electrons. The molecule has 1 atom stereocenters. The molecule has 0 radical (unpaired) electrons. The van der Waals surface area contributed by atoms with Crippen molar-refractivity contribution in [3.63, 3.8) is 0 Å². The van der Waals surface area contributed by atoms with E-state index >= 15 is 0 Å². The zero-order valence-corrected chi connectivity index (χ0v) is 8.23. The highest BCUT2D eigenvalue weighted by Gasteiger charge is 1.98. The van der Waals surface area contributed by atoms with Crippen LogP contribution in [-0.2, 0) is 0 Å². The van der Waals surface area contributed by atoms with Gasteiger partial charge in [-0.1, -0.05) is 48.8 Å². The van der Waals surface area contributed by atoms with E-state index in [2.05, 4.69) is 29.5 Å². The third-order valence-corrected chi connectivity index (χ3v) is 2.51. The Morgan fingerprint density at radius 2 is 2.11 bits per heavy atom. The van der Waals surface area contributed by atoms with Crippen LogP contribution in [0.2, 0.25) is 0 Å². The fourth-order valence-corrected chi connectivity index (χ4v) is 1.17. The molecule has 0 saturated carbocycles. The Bertz CT molecular complexity index is 56.9. The molecule has 0 aliphatic rings. The summed E-state index contributed by atoms with van der Waals surface area (Å²) in [5, 5.41) is 0. The van der Waals surface area contributed by atoms with E-state index in [4.69, 9.17) is 5.73 Å². The van der Waals surface area contributed by atoms with Crippen LogP contribution in [0.15, 0.2) is 0 Å². The first-order valence-electron chi connectivity index (χ1n) is 3.65. The first kappa shape index (κ1) is 9.69. The predicted octanol–water partition coefficient (Wildman–Crippen LogP) is 2.33. The Balaban J connectivity index is 2.88. The minimum atomic E-state index is 0.703. The minimum Gasteiger partial charge on any atom is -0.329 e. The summed E-state index contributed by atoms with van der Waals surface area (Å²) in [5.74, 6) is 0. The third kappa shape index (κ3) is 6.58. The summed E-state index contributed by atoms with van der Waals surface area (Å²) in [5.41, 5.74) is 5.45. The van der Waals surface area contributed by atoms with Gasteiger partial charge in [0, 0.05) is 10.5 Å². The van der Waals surface area contributed by atoms with Crippen molar-refractivity contribution in [2.24, 2.45) is 5.73 Å². The topological polar surface area (TPSA) is 26.0 Å². The molecule has 0 spiro atoms. The summed E-state index contributed by atoms with van der Waals surface area (Å²) in [6, 6.07) is 0. The molecular weight excluding hydrogens is 225 g/mol. The smallest absolute Gasteiger partial charge is 0.0232 e. The van der Waals surface area contributed by atoms with Gasteiger partial charge in [0.2, 0.25) is 0 Å². The van der Waals surface area contributed by atoms with E-state index in [0.29, 0.717) is 3.92 Å². The van der Waals surface area contributed by atoms with Crippen LogP contribution in [0.25, 0.3) is 0 Å². The Labute approximate surface area is 71.5 Å². The number of hydrogen-bond acceptors (Lipinski definition) is 1. The van der Waals surface area contributed by atoms with Gasteiger partial charge in [0.15, 0.2) is 0 Å². The van der Waals surface area contributed by atoms with E-state index in [1.807, 2.05) is 0 Å². The van der Waals surface area contributed by atoms with Crippen molar-refractivity contribution in [3.8, 4) is 0 Å². The highest BCUT2D eigenvalue weighted by atomic mass is 127. The molecule has 2 heteroatoms. The normalized spacial score (nSPS) is 13.7. The van der Waals surface area contributed by atoms with Crippen molar-refractivity contribution in [1.29, 1.82) is 0 Å². The molecule has 0 rings (SSSR count). The van der Waals surface area contributed by atoms with Crippen LogP contribution in [0, 0.1) is 0 Å². The molecule has 1 unspecified atom stereocenters. The van der Waals surface area contributed by atoms with Crippen molar-refractivity contribution >= 4 is 22.6 Å². The van der Waals surface area contributed by atoms with Gasteiger partial charge in [-0.15, -0.1) is 0 Å². The standard InChI is InChI=1S/C7H16IN/c1-2-3-4-5-7(8)6-9/h7H,2-6,9H2,1H3. The van der Waals surface area contributed by atoms with Gasteiger partial charge >= 0.3 is 0 Å². The van der Waals surface area contributed by atoms with Crippen molar-refractivity contribution < 1.29 is 0 Å². The third-order valence-electron chi connectivity index (χ3n) is 1.38. The van der Waals surface area contributed by atoms with Crippen LogP contribution in [0.5, 0.6) is 0 Å². The summed E-state index contributed by atoms with van der Waals surface area (Å²) in [7, 11) is 0. The molecule has 1 nitrogen and oxygen atoms in total. The van der Waals surface area contributed by atoms with E-state index in [1.165, 1.54) is 25.7 Å². The van der Waals surface area contributed by atoms with Gasteiger partial charge in [0.1, 0.15) is 0 Å². The first-order valence-corrected chi connectivity index (χ1v) is 4.90. The van der Waals surface area contributed by atoms with Crippen molar-refractivity contribution in [2.75, 3.05) is 6.54 Å². The van der Waals surface area contributed by atoms with E-state index in [9.17, 15) is 0 Å². The summed E-state index contributed by atoms with van der Waals surface area (Å²) < 4.78 is 0.703. The average Bonchev–Trinajstić information content (AvgIpc) is 1.89. The molecule has 0 aliphatic heterocycles. The van der Waals surface area contributed by atoms with Gasteiger partial charge in [-0.25, -0.2) is 0 Å². The van der Waals surface area contributed by atoms with Gasteiger partial charge < -0.3 is 5.73 Å². The molecule has 0 bridgehead atoms. The Morgan fingerprint density at radius 1 is 1.44 bits per heavy atom. The monoisotopic (exact) mass is 241 g/mol. The van der Waals surface area contributed by atoms with E-state index in [-0.39, 0.29) is 0 Å². The van der Waals surface area contributed by atoms with Crippen LogP contribution < -0.4 is 5.73 Å². The zero-order valence-electron chi connectivity index (χ0n) is 6.07. The van der Waals surface area contributed by atoms with Crippen LogP contribution in [-0.4, -0.2) is 10.5 Å². The van der Waals surface area contributed by atoms with Gasteiger partial charge in [0.05, 0.1) is 0 Å². The van der Waals surface area contributed by atoms with E-state index < -0.39 is 0 Å². The predicted molar refractivity (Wildman–Crippen MR) is 51.0 cm³/mol. The fraction of sp³-hybridized carbons (Fsp3) is 1.00. The Kier molecular flexibility index (Phi) is 7.33. The highest BCUT2D eigenvalue weighted by Crippen LogP contribution is 2.09. The summed E-state index contributed by atoms with van der Waals surface area (Å²) in [4.78, 5) is 0. The second kappa shape index (κ2) is 6.81. The molecule has 0 aromatic heterocycles. The maximum atomic E-state index is 5.45. The highest BCUT2D eigenvalue weighted by molar-refractivity contribution is 14.1. The molecule has 0 saturated heterocycles. The summed E-state index contributed by atoms with van der Waals surface area (Å²) in [6.07, 6.45) is 5.32. The molecule has 0 aromatic carbocycles. The second-order valence-electron chi connectivity index (χ2n) is 2.33. The number of alkyl halides is 1. The Hall–Kier alpha value is 0.690.